The third kappa shape index (κ3) is 4.78. The average molecular weight is 402 g/mol. The molecule has 0 saturated heterocycles. The molecule has 0 bridgehead atoms. The van der Waals surface area contributed by atoms with Crippen molar-refractivity contribution in [2.45, 2.75) is 11.7 Å². The predicted molar refractivity (Wildman–Crippen MR) is 108 cm³/mol. The molecule has 0 amide bonds. The molecule has 0 aliphatic heterocycles. The third-order valence-electron chi connectivity index (χ3n) is 3.67. The fourth-order valence-electron chi connectivity index (χ4n) is 2.45. The molecule has 0 spiro atoms. The summed E-state index contributed by atoms with van der Waals surface area (Å²) in [6.07, 6.45) is 1.61. The van der Waals surface area contributed by atoms with Crippen LogP contribution in [0.1, 0.15) is 0 Å². The number of hydrogen-bond donors (Lipinski definition) is 0. The van der Waals surface area contributed by atoms with Gasteiger partial charge in [0.2, 0.25) is 0 Å². The average Bonchev–Trinajstić information content (AvgIpc) is 2.65. The number of benzene rings is 2. The van der Waals surface area contributed by atoms with E-state index in [9.17, 15) is 13.2 Å². The Morgan fingerprint density at radius 2 is 1.81 bits per heavy atom. The van der Waals surface area contributed by atoms with Crippen molar-refractivity contribution in [3.63, 3.8) is 0 Å². The van der Waals surface area contributed by atoms with Gasteiger partial charge in [-0.1, -0.05) is 48.2 Å². The maximum absolute atomic E-state index is 12.7. The first-order valence-corrected chi connectivity index (χ1v) is 10.8. The lowest BCUT2D eigenvalue weighted by molar-refractivity contribution is 0.488. The van der Waals surface area contributed by atoms with Gasteiger partial charge in [-0.2, -0.15) is 8.42 Å². The van der Waals surface area contributed by atoms with Crippen molar-refractivity contribution in [3.8, 4) is 5.75 Å². The molecule has 3 rings (SSSR count). The lowest BCUT2D eigenvalue weighted by Crippen LogP contribution is -2.23. The summed E-state index contributed by atoms with van der Waals surface area (Å²) in [5.41, 5.74) is 0.403. The summed E-state index contributed by atoms with van der Waals surface area (Å²) in [4.78, 5) is 17.2. The van der Waals surface area contributed by atoms with E-state index >= 15 is 0 Å². The van der Waals surface area contributed by atoms with Crippen LogP contribution >= 0.6 is 11.8 Å². The van der Waals surface area contributed by atoms with Gasteiger partial charge in [-0.15, -0.1) is 6.58 Å². The van der Waals surface area contributed by atoms with Crippen LogP contribution in [0.15, 0.2) is 77.2 Å². The van der Waals surface area contributed by atoms with Crippen molar-refractivity contribution in [3.05, 3.63) is 77.6 Å². The van der Waals surface area contributed by atoms with Gasteiger partial charge in [0, 0.05) is 12.3 Å². The summed E-state index contributed by atoms with van der Waals surface area (Å²) in [6, 6.07) is 15.4. The van der Waals surface area contributed by atoms with E-state index in [1.165, 1.54) is 16.3 Å². The van der Waals surface area contributed by atoms with Gasteiger partial charge < -0.3 is 4.18 Å². The Balaban J connectivity index is 1.77. The number of nitrogens with zero attached hydrogens (tertiary/aromatic N) is 2. The molecule has 0 aliphatic carbocycles. The number of fused-ring (bicyclic) bond motifs is 1. The Labute approximate surface area is 161 Å². The second-order valence-electron chi connectivity index (χ2n) is 5.62. The molecule has 0 aliphatic rings. The Morgan fingerprint density at radius 1 is 1.11 bits per heavy atom. The highest BCUT2D eigenvalue weighted by atomic mass is 32.2. The fourth-order valence-corrected chi connectivity index (χ4v) is 4.74. The summed E-state index contributed by atoms with van der Waals surface area (Å²) in [7, 11) is -3.74. The van der Waals surface area contributed by atoms with Gasteiger partial charge in [-0.3, -0.25) is 9.36 Å². The SMILES string of the molecule is C=CCn1c(SCCS(=O)(=O)Oc2ccccc2)nc2ccccc2c1=O. The van der Waals surface area contributed by atoms with E-state index < -0.39 is 10.1 Å². The number of hydrogen-bond acceptors (Lipinski definition) is 6. The number of allylic oxidation sites excluding steroid dienone is 1. The molecule has 0 N–H and O–H groups in total. The van der Waals surface area contributed by atoms with E-state index in [2.05, 4.69) is 11.6 Å². The van der Waals surface area contributed by atoms with E-state index in [1.807, 2.05) is 0 Å². The first-order valence-electron chi connectivity index (χ1n) is 8.20. The van der Waals surface area contributed by atoms with E-state index in [-0.39, 0.29) is 22.8 Å². The van der Waals surface area contributed by atoms with Crippen LogP contribution in [0.5, 0.6) is 5.75 Å². The molecule has 0 radical (unpaired) electrons. The summed E-state index contributed by atoms with van der Waals surface area (Å²) >= 11 is 1.20. The van der Waals surface area contributed by atoms with E-state index in [0.29, 0.717) is 22.6 Å². The van der Waals surface area contributed by atoms with Crippen LogP contribution in [0.25, 0.3) is 10.9 Å². The molecule has 3 aromatic rings. The predicted octanol–water partition coefficient (Wildman–Crippen LogP) is 3.08. The minimum Gasteiger partial charge on any atom is -0.382 e. The summed E-state index contributed by atoms with van der Waals surface area (Å²) in [5.74, 6) is 0.273. The van der Waals surface area contributed by atoms with Crippen molar-refractivity contribution in [2.75, 3.05) is 11.5 Å². The number of para-hydroxylation sites is 2. The van der Waals surface area contributed by atoms with Crippen LogP contribution in [-0.4, -0.2) is 29.5 Å². The maximum atomic E-state index is 12.7. The van der Waals surface area contributed by atoms with E-state index in [4.69, 9.17) is 4.18 Å². The first-order chi connectivity index (χ1) is 13.0. The number of thioether (sulfide) groups is 1. The smallest absolute Gasteiger partial charge is 0.310 e. The van der Waals surface area contributed by atoms with Crippen molar-refractivity contribution in [1.29, 1.82) is 0 Å². The summed E-state index contributed by atoms with van der Waals surface area (Å²) < 4.78 is 30.8. The summed E-state index contributed by atoms with van der Waals surface area (Å²) in [5, 5.41) is 0.970. The normalized spacial score (nSPS) is 11.4. The lowest BCUT2D eigenvalue weighted by atomic mass is 10.2. The zero-order valence-corrected chi connectivity index (χ0v) is 16.1. The zero-order chi connectivity index (χ0) is 19.3. The molecule has 27 heavy (non-hydrogen) atoms. The Hall–Kier alpha value is -2.58. The van der Waals surface area contributed by atoms with Crippen LogP contribution in [0.2, 0.25) is 0 Å². The topological polar surface area (TPSA) is 78.3 Å². The van der Waals surface area contributed by atoms with Crippen LogP contribution in [0, 0.1) is 0 Å². The molecule has 0 atom stereocenters. The molecular weight excluding hydrogens is 384 g/mol. The highest BCUT2D eigenvalue weighted by Gasteiger charge is 2.15. The molecule has 140 valence electrons. The highest BCUT2D eigenvalue weighted by Crippen LogP contribution is 2.19. The molecular formula is C19H18N2O4S2. The van der Waals surface area contributed by atoms with Crippen LogP contribution in [0.4, 0.5) is 0 Å². The van der Waals surface area contributed by atoms with Gasteiger partial charge in [-0.25, -0.2) is 4.98 Å². The molecule has 0 unspecified atom stereocenters. The monoisotopic (exact) mass is 402 g/mol. The van der Waals surface area contributed by atoms with Crippen LogP contribution < -0.4 is 9.74 Å². The minimum absolute atomic E-state index is 0.175. The van der Waals surface area contributed by atoms with Crippen LogP contribution in [-0.2, 0) is 16.7 Å². The van der Waals surface area contributed by atoms with Crippen molar-refractivity contribution < 1.29 is 12.6 Å². The Bertz CT molecular complexity index is 1110. The number of rotatable bonds is 8. The third-order valence-corrected chi connectivity index (χ3v) is 6.06. The lowest BCUT2D eigenvalue weighted by Gasteiger charge is -2.11. The second kappa shape index (κ2) is 8.41. The van der Waals surface area contributed by atoms with Crippen molar-refractivity contribution in [2.24, 2.45) is 0 Å². The largest absolute Gasteiger partial charge is 0.382 e. The molecule has 0 saturated carbocycles. The van der Waals surface area contributed by atoms with Gasteiger partial charge >= 0.3 is 10.1 Å². The zero-order valence-electron chi connectivity index (χ0n) is 14.4. The highest BCUT2D eigenvalue weighted by molar-refractivity contribution is 8.00. The van der Waals surface area contributed by atoms with E-state index in [0.717, 1.165) is 0 Å². The summed E-state index contributed by atoms with van der Waals surface area (Å²) in [6.45, 7) is 3.97. The van der Waals surface area contributed by atoms with Gasteiger partial charge in [0.15, 0.2) is 5.16 Å². The quantitative estimate of drug-likeness (QED) is 0.249. The van der Waals surface area contributed by atoms with Gasteiger partial charge in [-0.05, 0) is 24.3 Å². The molecule has 6 nitrogen and oxygen atoms in total. The van der Waals surface area contributed by atoms with Gasteiger partial charge in [0.25, 0.3) is 5.56 Å². The molecule has 1 heterocycles. The first kappa shape index (κ1) is 19.2. The minimum atomic E-state index is -3.74. The molecule has 1 aromatic heterocycles. The second-order valence-corrected chi connectivity index (χ2v) is 8.37. The Morgan fingerprint density at radius 3 is 2.56 bits per heavy atom. The van der Waals surface area contributed by atoms with Crippen LogP contribution in [0.3, 0.4) is 0 Å². The van der Waals surface area contributed by atoms with E-state index in [1.54, 1.807) is 60.7 Å². The molecule has 8 heteroatoms. The van der Waals surface area contributed by atoms with Gasteiger partial charge in [0.05, 0.1) is 16.7 Å². The fraction of sp³-hybridized carbons (Fsp3) is 0.158. The number of aromatic nitrogens is 2. The van der Waals surface area contributed by atoms with Crippen molar-refractivity contribution in [1.82, 2.24) is 9.55 Å². The molecule has 2 aromatic carbocycles. The standard InChI is InChI=1S/C19H18N2O4S2/c1-2-12-21-18(22)16-10-6-7-11-17(16)20-19(21)26-13-14-27(23,24)25-15-8-4-3-5-9-15/h2-11H,1,12-14H2. The van der Waals surface area contributed by atoms with Gasteiger partial charge in [0.1, 0.15) is 5.75 Å². The Kier molecular flexibility index (Phi) is 5.98. The molecule has 0 fully saturated rings. The van der Waals surface area contributed by atoms with Crippen molar-refractivity contribution >= 4 is 32.8 Å². The maximum Gasteiger partial charge on any atom is 0.310 e.